The molecule has 0 amide bonds. The van der Waals surface area contributed by atoms with Crippen LogP contribution in [0.5, 0.6) is 0 Å². The Bertz CT molecular complexity index is 332. The molecular formula is C11H13FO2. The lowest BCUT2D eigenvalue weighted by molar-refractivity contribution is -0.151. The predicted octanol–water partition coefficient (Wildman–Crippen LogP) is 2.65. The van der Waals surface area contributed by atoms with Crippen LogP contribution in [0.2, 0.25) is 0 Å². The molecule has 1 atom stereocenters. The van der Waals surface area contributed by atoms with Crippen LogP contribution in [0.25, 0.3) is 0 Å². The first-order chi connectivity index (χ1) is 6.50. The molecule has 0 aromatic heterocycles. The second kappa shape index (κ2) is 3.78. The molecule has 0 bridgehead atoms. The third-order valence-electron chi connectivity index (χ3n) is 2.34. The van der Waals surface area contributed by atoms with Crippen molar-refractivity contribution >= 4 is 5.97 Å². The van der Waals surface area contributed by atoms with E-state index in [1.54, 1.807) is 12.1 Å². The van der Waals surface area contributed by atoms with Crippen molar-refractivity contribution in [2.24, 2.45) is 0 Å². The first kappa shape index (κ1) is 10.7. The van der Waals surface area contributed by atoms with Crippen LogP contribution in [0.4, 0.5) is 4.39 Å². The molecule has 0 saturated carbocycles. The maximum Gasteiger partial charge on any atom is 0.346 e. The van der Waals surface area contributed by atoms with Crippen molar-refractivity contribution in [3.05, 3.63) is 35.4 Å². The molecule has 0 saturated heterocycles. The normalized spacial score (nSPS) is 14.8. The highest BCUT2D eigenvalue weighted by Crippen LogP contribution is 2.30. The average molecular weight is 196 g/mol. The van der Waals surface area contributed by atoms with E-state index in [0.29, 0.717) is 0 Å². The van der Waals surface area contributed by atoms with Crippen molar-refractivity contribution in [1.29, 1.82) is 0 Å². The molecule has 2 nitrogen and oxygen atoms in total. The largest absolute Gasteiger partial charge is 0.479 e. The number of aliphatic carboxylic acids is 1. The minimum Gasteiger partial charge on any atom is -0.479 e. The molecule has 0 spiro atoms. The molecule has 1 aromatic rings. The summed E-state index contributed by atoms with van der Waals surface area (Å²) in [5, 5.41) is 8.78. The van der Waals surface area contributed by atoms with Gasteiger partial charge in [0, 0.05) is 5.56 Å². The van der Waals surface area contributed by atoms with Crippen LogP contribution in [-0.4, -0.2) is 11.1 Å². The van der Waals surface area contributed by atoms with E-state index in [9.17, 15) is 9.18 Å². The van der Waals surface area contributed by atoms with Crippen LogP contribution in [-0.2, 0) is 10.5 Å². The van der Waals surface area contributed by atoms with E-state index in [1.807, 2.05) is 6.92 Å². The van der Waals surface area contributed by atoms with Crippen LogP contribution in [0, 0.1) is 6.92 Å². The molecule has 14 heavy (non-hydrogen) atoms. The van der Waals surface area contributed by atoms with E-state index in [-0.39, 0.29) is 12.0 Å². The lowest BCUT2D eigenvalue weighted by atomic mass is 9.92. The van der Waals surface area contributed by atoms with Crippen molar-refractivity contribution in [1.82, 2.24) is 0 Å². The van der Waals surface area contributed by atoms with Gasteiger partial charge in [0.15, 0.2) is 0 Å². The SMILES string of the molecule is CCC(F)(C(=O)O)c1ccc(C)cc1. The molecule has 1 rings (SSSR count). The van der Waals surface area contributed by atoms with Gasteiger partial charge in [-0.1, -0.05) is 36.8 Å². The summed E-state index contributed by atoms with van der Waals surface area (Å²) in [5.41, 5.74) is -1.07. The Morgan fingerprint density at radius 2 is 1.93 bits per heavy atom. The topological polar surface area (TPSA) is 37.3 Å². The number of hydrogen-bond acceptors (Lipinski definition) is 1. The Kier molecular flexibility index (Phi) is 2.89. The van der Waals surface area contributed by atoms with Gasteiger partial charge < -0.3 is 5.11 Å². The number of carboxylic acid groups (broad SMARTS) is 1. The molecule has 0 aliphatic carbocycles. The van der Waals surface area contributed by atoms with Crippen molar-refractivity contribution in [2.45, 2.75) is 25.9 Å². The van der Waals surface area contributed by atoms with Crippen molar-refractivity contribution in [2.75, 3.05) is 0 Å². The maximum atomic E-state index is 13.9. The molecule has 1 unspecified atom stereocenters. The molecule has 0 aliphatic heterocycles. The Balaban J connectivity index is 3.13. The fraction of sp³-hybridized carbons (Fsp3) is 0.364. The minimum atomic E-state index is -2.26. The fourth-order valence-electron chi connectivity index (χ4n) is 1.30. The molecular weight excluding hydrogens is 183 g/mol. The highest BCUT2D eigenvalue weighted by atomic mass is 19.1. The van der Waals surface area contributed by atoms with Crippen LogP contribution in [0.1, 0.15) is 24.5 Å². The first-order valence-corrected chi connectivity index (χ1v) is 4.50. The van der Waals surface area contributed by atoms with E-state index in [0.717, 1.165) is 5.56 Å². The molecule has 1 N–H and O–H groups in total. The van der Waals surface area contributed by atoms with Crippen LogP contribution >= 0.6 is 0 Å². The zero-order chi connectivity index (χ0) is 10.8. The summed E-state index contributed by atoms with van der Waals surface area (Å²) in [6.45, 7) is 3.39. The number of alkyl halides is 1. The van der Waals surface area contributed by atoms with Crippen LogP contribution in [0.3, 0.4) is 0 Å². The smallest absolute Gasteiger partial charge is 0.346 e. The first-order valence-electron chi connectivity index (χ1n) is 4.50. The van der Waals surface area contributed by atoms with Gasteiger partial charge in [-0.15, -0.1) is 0 Å². The predicted molar refractivity (Wildman–Crippen MR) is 51.9 cm³/mol. The van der Waals surface area contributed by atoms with Crippen LogP contribution < -0.4 is 0 Å². The van der Waals surface area contributed by atoms with E-state index >= 15 is 0 Å². The van der Waals surface area contributed by atoms with Gasteiger partial charge in [-0.25, -0.2) is 9.18 Å². The summed E-state index contributed by atoms with van der Waals surface area (Å²) < 4.78 is 13.9. The lowest BCUT2D eigenvalue weighted by Crippen LogP contribution is -2.29. The highest BCUT2D eigenvalue weighted by molar-refractivity contribution is 5.79. The third kappa shape index (κ3) is 1.76. The lowest BCUT2D eigenvalue weighted by Gasteiger charge is -2.19. The van der Waals surface area contributed by atoms with Gasteiger partial charge in [-0.3, -0.25) is 0 Å². The zero-order valence-electron chi connectivity index (χ0n) is 8.25. The van der Waals surface area contributed by atoms with Gasteiger partial charge in [0.2, 0.25) is 5.67 Å². The third-order valence-corrected chi connectivity index (χ3v) is 2.34. The van der Waals surface area contributed by atoms with E-state index in [1.165, 1.54) is 19.1 Å². The van der Waals surface area contributed by atoms with E-state index < -0.39 is 11.6 Å². The summed E-state index contributed by atoms with van der Waals surface area (Å²) in [6.07, 6.45) is -0.0641. The number of carbonyl (C=O) groups is 1. The van der Waals surface area contributed by atoms with Gasteiger partial charge >= 0.3 is 5.97 Å². The fourth-order valence-corrected chi connectivity index (χ4v) is 1.30. The molecule has 1 aromatic carbocycles. The average Bonchev–Trinajstić information content (AvgIpc) is 2.17. The van der Waals surface area contributed by atoms with Gasteiger partial charge in [0.1, 0.15) is 0 Å². The van der Waals surface area contributed by atoms with E-state index in [4.69, 9.17) is 5.11 Å². The van der Waals surface area contributed by atoms with Crippen molar-refractivity contribution < 1.29 is 14.3 Å². The Hall–Kier alpha value is -1.38. The second-order valence-corrected chi connectivity index (χ2v) is 3.33. The molecule has 0 fully saturated rings. The number of hydrogen-bond donors (Lipinski definition) is 1. The second-order valence-electron chi connectivity index (χ2n) is 3.33. The molecule has 0 radical (unpaired) electrons. The molecule has 76 valence electrons. The Morgan fingerprint density at radius 3 is 2.29 bits per heavy atom. The molecule has 3 heteroatoms. The zero-order valence-corrected chi connectivity index (χ0v) is 8.25. The summed E-state index contributed by atoms with van der Waals surface area (Å²) in [7, 11) is 0. The minimum absolute atomic E-state index is 0.0641. The van der Waals surface area contributed by atoms with Gasteiger partial charge in [-0.05, 0) is 13.3 Å². The monoisotopic (exact) mass is 196 g/mol. The number of aryl methyl sites for hydroxylation is 1. The van der Waals surface area contributed by atoms with Crippen molar-refractivity contribution in [3.8, 4) is 0 Å². The summed E-state index contributed by atoms with van der Waals surface area (Å²) in [5.74, 6) is -1.43. The summed E-state index contributed by atoms with van der Waals surface area (Å²) in [4.78, 5) is 10.8. The number of halogens is 1. The number of benzene rings is 1. The van der Waals surface area contributed by atoms with Crippen molar-refractivity contribution in [3.63, 3.8) is 0 Å². The number of rotatable bonds is 3. The standard InChI is InChI=1S/C11H13FO2/c1-3-11(12,10(13)14)9-6-4-8(2)5-7-9/h4-7H,3H2,1-2H3,(H,13,14). The van der Waals surface area contributed by atoms with E-state index in [2.05, 4.69) is 0 Å². The maximum absolute atomic E-state index is 13.9. The highest BCUT2D eigenvalue weighted by Gasteiger charge is 2.38. The van der Waals surface area contributed by atoms with Gasteiger partial charge in [0.25, 0.3) is 0 Å². The molecule has 0 heterocycles. The summed E-state index contributed by atoms with van der Waals surface area (Å²) in [6, 6.07) is 6.46. The molecule has 0 aliphatic rings. The Morgan fingerprint density at radius 1 is 1.43 bits per heavy atom. The van der Waals surface area contributed by atoms with Crippen LogP contribution in [0.15, 0.2) is 24.3 Å². The quantitative estimate of drug-likeness (QED) is 0.806. The van der Waals surface area contributed by atoms with Gasteiger partial charge in [0.05, 0.1) is 0 Å². The summed E-state index contributed by atoms with van der Waals surface area (Å²) >= 11 is 0. The Labute approximate surface area is 82.4 Å². The number of carboxylic acids is 1. The van der Waals surface area contributed by atoms with Gasteiger partial charge in [-0.2, -0.15) is 0 Å².